The zero-order valence-electron chi connectivity index (χ0n) is 24.8. The van der Waals surface area contributed by atoms with E-state index in [1.54, 1.807) is 0 Å². The number of aromatic amines is 2. The van der Waals surface area contributed by atoms with Gasteiger partial charge in [-0.05, 0) is 73.6 Å². The summed E-state index contributed by atoms with van der Waals surface area (Å²) in [6.45, 7) is 16.7. The fraction of sp³-hybridized carbons (Fsp3) is 0.394. The minimum atomic E-state index is -1.33. The van der Waals surface area contributed by atoms with Gasteiger partial charge in [0.05, 0.1) is 7.11 Å². The Kier molecular flexibility index (Phi) is 6.12. The van der Waals surface area contributed by atoms with E-state index in [0.29, 0.717) is 11.1 Å². The molecule has 0 spiro atoms. The number of ether oxygens (including phenoxy) is 1. The van der Waals surface area contributed by atoms with Crippen LogP contribution in [0.1, 0.15) is 61.3 Å². The maximum Gasteiger partial charge on any atom is 0.321 e. The molecule has 1 unspecified atom stereocenters. The highest BCUT2D eigenvalue weighted by atomic mass is 16.5. The Morgan fingerprint density at radius 1 is 1.12 bits per heavy atom. The number of H-pyrrole nitrogens is 2. The normalized spacial score (nSPS) is 32.9. The molecule has 214 valence electrons. The molecular weight excluding hydrogens is 514 g/mol. The molecule has 6 rings (SSSR count). The molecule has 1 aliphatic carbocycles. The average molecular weight is 554 g/mol. The van der Waals surface area contributed by atoms with Crippen LogP contribution >= 0.6 is 0 Å². The van der Waals surface area contributed by atoms with E-state index in [1.807, 2.05) is 19.1 Å². The number of nitrogens with two attached hydrogens (primary N) is 1. The highest BCUT2D eigenvalue weighted by Gasteiger charge is 2.60. The summed E-state index contributed by atoms with van der Waals surface area (Å²) in [5, 5.41) is 9.18. The van der Waals surface area contributed by atoms with Crippen molar-refractivity contribution in [2.45, 2.75) is 59.7 Å². The zero-order valence-corrected chi connectivity index (χ0v) is 24.8. The number of Topliss-reactive ketones (excluding diaryl/α,β-unsaturated/α-hetero) is 1. The predicted molar refractivity (Wildman–Crippen MR) is 161 cm³/mol. The number of allylic oxidation sites excluding steroid dienone is 2. The van der Waals surface area contributed by atoms with Crippen molar-refractivity contribution in [2.24, 2.45) is 23.5 Å². The molecule has 3 aliphatic heterocycles. The van der Waals surface area contributed by atoms with Crippen LogP contribution in [0.2, 0.25) is 0 Å². The molecule has 0 aromatic carbocycles. The van der Waals surface area contributed by atoms with Crippen LogP contribution in [0, 0.1) is 31.6 Å². The average Bonchev–Trinajstić information content (AvgIpc) is 3.63. The molecule has 0 radical (unpaired) electrons. The molecule has 0 amide bonds. The molecule has 1 saturated carbocycles. The van der Waals surface area contributed by atoms with Crippen molar-refractivity contribution in [3.8, 4) is 0 Å². The van der Waals surface area contributed by atoms with Crippen molar-refractivity contribution < 1.29 is 14.3 Å². The molecule has 8 bridgehead atoms. The number of ketones is 1. The summed E-state index contributed by atoms with van der Waals surface area (Å²) in [5.74, 6) is -1.83. The van der Waals surface area contributed by atoms with Crippen molar-refractivity contribution in [3.63, 3.8) is 0 Å². The zero-order chi connectivity index (χ0) is 29.5. The maximum atomic E-state index is 14.0. The van der Waals surface area contributed by atoms with Crippen molar-refractivity contribution in [1.82, 2.24) is 20.6 Å². The van der Waals surface area contributed by atoms with E-state index >= 15 is 0 Å². The molecule has 1 saturated heterocycles. The molecule has 41 heavy (non-hydrogen) atoms. The fourth-order valence-electron chi connectivity index (χ4n) is 7.34. The predicted octanol–water partition coefficient (Wildman–Crippen LogP) is 2.57. The SMILES string of the molecule is C=Cc1c(C)/c2[nH]/c1=C\c1[nH]c(c(CC)c1C)/C=C1\N[C@@]3(N)C(=C1C)C(=O)[C@H](C(=O)OC)/C3=C1/NC(\C=2)[C@@H](C)[C@@H]1C. The third kappa shape index (κ3) is 3.63. The number of aromatic nitrogens is 2. The Balaban J connectivity index is 1.73. The number of nitrogens with one attached hydrogen (secondary N) is 4. The third-order valence-electron chi connectivity index (χ3n) is 9.89. The second-order valence-corrected chi connectivity index (χ2v) is 11.9. The van der Waals surface area contributed by atoms with Gasteiger partial charge in [-0.1, -0.05) is 33.4 Å². The van der Waals surface area contributed by atoms with Gasteiger partial charge in [-0.3, -0.25) is 9.59 Å². The van der Waals surface area contributed by atoms with Crippen LogP contribution in [0.25, 0.3) is 24.3 Å². The molecular formula is C33H39N5O3. The first-order chi connectivity index (χ1) is 19.5. The van der Waals surface area contributed by atoms with Crippen LogP contribution in [-0.4, -0.2) is 40.5 Å². The molecule has 2 aromatic rings. The second-order valence-electron chi connectivity index (χ2n) is 11.9. The van der Waals surface area contributed by atoms with Crippen molar-refractivity contribution >= 4 is 36.1 Å². The molecule has 2 fully saturated rings. The van der Waals surface area contributed by atoms with Crippen LogP contribution in [-0.2, 0) is 20.7 Å². The standard InChI is InChI=1S/C33H39N5O3/c1-9-19-16(5)22-11-21-14(3)15(4)30(37-21)29-27(32(40)41-8)31(39)28-18(7)24(38-33(28,29)34)13-26-20(10-2)17(6)23(36-26)12-25(19)35-22/h9,11-15,21,27,35-38H,1,10,34H2,2-8H3/b22-11-,24-13-,25-12-,30-29-/t14-,15-,21?,27+,33-/m0/s1. The number of fused-ring (bicyclic) bond motifs is 7. The second kappa shape index (κ2) is 9.24. The number of hydrogen-bond acceptors (Lipinski definition) is 6. The smallest absolute Gasteiger partial charge is 0.321 e. The Bertz CT molecular complexity index is 1760. The third-order valence-corrected chi connectivity index (χ3v) is 9.89. The van der Waals surface area contributed by atoms with Crippen LogP contribution in [0.5, 0.6) is 0 Å². The van der Waals surface area contributed by atoms with Crippen LogP contribution in [0.4, 0.5) is 0 Å². The lowest BCUT2D eigenvalue weighted by molar-refractivity contribution is -0.146. The van der Waals surface area contributed by atoms with Gasteiger partial charge in [0.15, 0.2) is 5.78 Å². The molecule has 8 heteroatoms. The summed E-state index contributed by atoms with van der Waals surface area (Å²) in [4.78, 5) is 34.4. The lowest BCUT2D eigenvalue weighted by atomic mass is 9.86. The van der Waals surface area contributed by atoms with Gasteiger partial charge in [-0.25, -0.2) is 0 Å². The lowest BCUT2D eigenvalue weighted by Crippen LogP contribution is -2.52. The first-order valence-electron chi connectivity index (χ1n) is 14.4. The summed E-state index contributed by atoms with van der Waals surface area (Å²) < 4.78 is 5.16. The first kappa shape index (κ1) is 27.1. The first-order valence-corrected chi connectivity index (χ1v) is 14.4. The number of rotatable bonds is 3. The summed E-state index contributed by atoms with van der Waals surface area (Å²) in [5.41, 5.74) is 15.6. The van der Waals surface area contributed by atoms with E-state index in [4.69, 9.17) is 10.5 Å². The van der Waals surface area contributed by atoms with E-state index in [1.165, 1.54) is 12.7 Å². The monoisotopic (exact) mass is 553 g/mol. The summed E-state index contributed by atoms with van der Waals surface area (Å²) in [7, 11) is 1.32. The Morgan fingerprint density at radius 2 is 1.85 bits per heavy atom. The van der Waals surface area contributed by atoms with Crippen LogP contribution < -0.4 is 27.1 Å². The van der Waals surface area contributed by atoms with Gasteiger partial charge in [-0.2, -0.15) is 0 Å². The maximum absolute atomic E-state index is 14.0. The Labute approximate surface area is 240 Å². The van der Waals surface area contributed by atoms with Gasteiger partial charge in [-0.15, -0.1) is 0 Å². The topological polar surface area (TPSA) is 125 Å². The largest absolute Gasteiger partial charge is 0.468 e. The number of methoxy groups -OCH3 is 1. The molecule has 2 aromatic heterocycles. The van der Waals surface area contributed by atoms with Crippen LogP contribution in [0.15, 0.2) is 34.7 Å². The summed E-state index contributed by atoms with van der Waals surface area (Å²) in [6.07, 6.45) is 9.12. The fourth-order valence-corrected chi connectivity index (χ4v) is 7.34. The molecule has 8 nitrogen and oxygen atoms in total. The van der Waals surface area contributed by atoms with E-state index in [9.17, 15) is 9.59 Å². The minimum Gasteiger partial charge on any atom is -0.468 e. The minimum absolute atomic E-state index is 0.0110. The van der Waals surface area contributed by atoms with Gasteiger partial charge in [0.2, 0.25) is 0 Å². The number of carbonyl (C=O) groups excluding carboxylic acids is 2. The van der Waals surface area contributed by atoms with Gasteiger partial charge in [0.1, 0.15) is 11.6 Å². The molecule has 4 aliphatic rings. The van der Waals surface area contributed by atoms with Gasteiger partial charge < -0.3 is 31.1 Å². The molecule has 5 atom stereocenters. The number of hydrogen-bond donors (Lipinski definition) is 5. The van der Waals surface area contributed by atoms with E-state index in [-0.39, 0.29) is 23.7 Å². The highest BCUT2D eigenvalue weighted by molar-refractivity contribution is 6.18. The summed E-state index contributed by atoms with van der Waals surface area (Å²) in [6, 6.07) is -0.0590. The van der Waals surface area contributed by atoms with Gasteiger partial charge in [0, 0.05) is 62.1 Å². The van der Waals surface area contributed by atoms with E-state index in [0.717, 1.165) is 62.2 Å². The van der Waals surface area contributed by atoms with Crippen molar-refractivity contribution in [2.75, 3.05) is 7.11 Å². The Hall–Kier alpha value is -4.04. The quantitative estimate of drug-likeness (QED) is 0.294. The molecule has 5 heterocycles. The van der Waals surface area contributed by atoms with E-state index < -0.39 is 17.6 Å². The van der Waals surface area contributed by atoms with Gasteiger partial charge >= 0.3 is 5.97 Å². The van der Waals surface area contributed by atoms with Gasteiger partial charge in [0.25, 0.3) is 0 Å². The highest BCUT2D eigenvalue weighted by Crippen LogP contribution is 2.50. The summed E-state index contributed by atoms with van der Waals surface area (Å²) >= 11 is 0. The van der Waals surface area contributed by atoms with Crippen LogP contribution in [0.3, 0.4) is 0 Å². The molecule has 6 N–H and O–H groups in total. The number of esters is 1. The lowest BCUT2D eigenvalue weighted by Gasteiger charge is -2.29. The van der Waals surface area contributed by atoms with Crippen molar-refractivity contribution in [3.05, 3.63) is 79.0 Å². The van der Waals surface area contributed by atoms with E-state index in [2.05, 4.69) is 74.0 Å². The number of carbonyl (C=O) groups is 2. The van der Waals surface area contributed by atoms with Crippen molar-refractivity contribution in [1.29, 1.82) is 0 Å². The Morgan fingerprint density at radius 3 is 2.51 bits per heavy atom.